The van der Waals surface area contributed by atoms with E-state index in [0.29, 0.717) is 18.7 Å². The van der Waals surface area contributed by atoms with Crippen LogP contribution in [-0.4, -0.2) is 28.4 Å². The standard InChI is InChI=1S/C12H12N4O4S/c1-14(6-4-12-13-5-7-21-12)10-3-2-9(15(17)18)8-11(10)16(19)20/h2-3,5,7-8H,4,6H2,1H3. The lowest BCUT2D eigenvalue weighted by Gasteiger charge is -2.18. The van der Waals surface area contributed by atoms with Gasteiger partial charge in [0.05, 0.1) is 20.9 Å². The number of thiazole rings is 1. The molecule has 0 saturated heterocycles. The van der Waals surface area contributed by atoms with Gasteiger partial charge in [0.15, 0.2) is 0 Å². The molecule has 0 bridgehead atoms. The van der Waals surface area contributed by atoms with Crippen LogP contribution in [0.3, 0.4) is 0 Å². The van der Waals surface area contributed by atoms with Crippen molar-refractivity contribution < 1.29 is 9.85 Å². The SMILES string of the molecule is CN(CCc1nccs1)c1ccc([N+](=O)[O-])cc1[N+](=O)[O-]. The average Bonchev–Trinajstić information content (AvgIpc) is 2.97. The van der Waals surface area contributed by atoms with Gasteiger partial charge in [0.25, 0.3) is 11.4 Å². The first-order valence-corrected chi connectivity index (χ1v) is 6.89. The normalized spacial score (nSPS) is 10.3. The smallest absolute Gasteiger partial charge is 0.299 e. The number of nitro groups is 2. The summed E-state index contributed by atoms with van der Waals surface area (Å²) in [5.74, 6) is 0. The molecule has 2 aromatic rings. The van der Waals surface area contributed by atoms with Crippen molar-refractivity contribution in [2.45, 2.75) is 6.42 Å². The quantitative estimate of drug-likeness (QED) is 0.600. The van der Waals surface area contributed by atoms with Crippen molar-refractivity contribution in [2.75, 3.05) is 18.5 Å². The molecule has 0 aliphatic heterocycles. The van der Waals surface area contributed by atoms with E-state index in [4.69, 9.17) is 0 Å². The van der Waals surface area contributed by atoms with Crippen LogP contribution in [0, 0.1) is 20.2 Å². The molecule has 21 heavy (non-hydrogen) atoms. The summed E-state index contributed by atoms with van der Waals surface area (Å²) in [6, 6.07) is 3.65. The second-order valence-corrected chi connectivity index (χ2v) is 5.26. The van der Waals surface area contributed by atoms with Gasteiger partial charge >= 0.3 is 0 Å². The summed E-state index contributed by atoms with van der Waals surface area (Å²) in [4.78, 5) is 26.4. The Hall–Kier alpha value is -2.55. The molecule has 110 valence electrons. The van der Waals surface area contributed by atoms with Crippen molar-refractivity contribution in [1.29, 1.82) is 0 Å². The first-order valence-electron chi connectivity index (χ1n) is 6.01. The van der Waals surface area contributed by atoms with Crippen LogP contribution in [0.4, 0.5) is 17.1 Å². The fourth-order valence-electron chi connectivity index (χ4n) is 1.85. The number of anilines is 1. The second kappa shape index (κ2) is 6.27. The molecule has 8 nitrogen and oxygen atoms in total. The Morgan fingerprint density at radius 2 is 2.05 bits per heavy atom. The Morgan fingerprint density at radius 3 is 2.62 bits per heavy atom. The fraction of sp³-hybridized carbons (Fsp3) is 0.250. The van der Waals surface area contributed by atoms with E-state index in [9.17, 15) is 20.2 Å². The van der Waals surface area contributed by atoms with Crippen LogP contribution in [0.2, 0.25) is 0 Å². The van der Waals surface area contributed by atoms with Crippen LogP contribution >= 0.6 is 11.3 Å². The molecule has 2 rings (SSSR count). The van der Waals surface area contributed by atoms with E-state index in [0.717, 1.165) is 11.1 Å². The highest BCUT2D eigenvalue weighted by atomic mass is 32.1. The van der Waals surface area contributed by atoms with Crippen LogP contribution in [-0.2, 0) is 6.42 Å². The average molecular weight is 308 g/mol. The monoisotopic (exact) mass is 308 g/mol. The first kappa shape index (κ1) is 14.9. The molecule has 0 aliphatic rings. The minimum absolute atomic E-state index is 0.272. The van der Waals surface area contributed by atoms with Crippen molar-refractivity contribution in [2.24, 2.45) is 0 Å². The molecule has 0 aliphatic carbocycles. The number of hydrogen-bond donors (Lipinski definition) is 0. The van der Waals surface area contributed by atoms with Gasteiger partial charge in [0, 0.05) is 37.7 Å². The molecule has 0 N–H and O–H groups in total. The maximum atomic E-state index is 11.1. The highest BCUT2D eigenvalue weighted by Crippen LogP contribution is 2.31. The minimum atomic E-state index is -0.646. The lowest BCUT2D eigenvalue weighted by molar-refractivity contribution is -0.393. The number of rotatable bonds is 6. The van der Waals surface area contributed by atoms with Crippen LogP contribution in [0.15, 0.2) is 29.8 Å². The van der Waals surface area contributed by atoms with E-state index in [1.807, 2.05) is 5.38 Å². The van der Waals surface area contributed by atoms with Crippen molar-refractivity contribution >= 4 is 28.4 Å². The van der Waals surface area contributed by atoms with Gasteiger partial charge in [0.1, 0.15) is 5.69 Å². The van der Waals surface area contributed by atoms with Crippen molar-refractivity contribution in [3.63, 3.8) is 0 Å². The van der Waals surface area contributed by atoms with Crippen LogP contribution in [0.1, 0.15) is 5.01 Å². The molecule has 1 heterocycles. The van der Waals surface area contributed by atoms with E-state index in [-0.39, 0.29) is 11.4 Å². The van der Waals surface area contributed by atoms with Crippen LogP contribution in [0.5, 0.6) is 0 Å². The second-order valence-electron chi connectivity index (χ2n) is 4.28. The number of nitrogens with zero attached hydrogens (tertiary/aromatic N) is 4. The predicted octanol–water partition coefficient (Wildman–Crippen LogP) is 2.64. The van der Waals surface area contributed by atoms with Crippen molar-refractivity contribution in [3.05, 3.63) is 55.0 Å². The summed E-state index contributed by atoms with van der Waals surface area (Å²) in [7, 11) is 1.71. The molecule has 1 aromatic heterocycles. The third-order valence-electron chi connectivity index (χ3n) is 2.92. The van der Waals surface area contributed by atoms with Gasteiger partial charge in [-0.15, -0.1) is 11.3 Å². The van der Waals surface area contributed by atoms with E-state index in [2.05, 4.69) is 4.98 Å². The number of aromatic nitrogens is 1. The lowest BCUT2D eigenvalue weighted by atomic mass is 10.2. The minimum Gasteiger partial charge on any atom is -0.369 e. The molecule has 0 amide bonds. The predicted molar refractivity (Wildman–Crippen MR) is 78.8 cm³/mol. The molecule has 9 heteroatoms. The zero-order chi connectivity index (χ0) is 15.4. The maximum Gasteiger partial charge on any atom is 0.299 e. The fourth-order valence-corrected chi connectivity index (χ4v) is 2.46. The van der Waals surface area contributed by atoms with Gasteiger partial charge in [-0.1, -0.05) is 0 Å². The number of non-ortho nitro benzene ring substituents is 1. The molecule has 1 aromatic carbocycles. The van der Waals surface area contributed by atoms with E-state index >= 15 is 0 Å². The Bertz CT molecular complexity index is 659. The zero-order valence-corrected chi connectivity index (χ0v) is 11.9. The van der Waals surface area contributed by atoms with Gasteiger partial charge in [-0.05, 0) is 6.07 Å². The van der Waals surface area contributed by atoms with Gasteiger partial charge < -0.3 is 4.90 Å². The Labute approximate surface area is 124 Å². The van der Waals surface area contributed by atoms with Gasteiger partial charge in [-0.2, -0.15) is 0 Å². The van der Waals surface area contributed by atoms with E-state index in [1.165, 1.54) is 23.5 Å². The summed E-state index contributed by atoms with van der Waals surface area (Å²) in [5, 5.41) is 24.6. The van der Waals surface area contributed by atoms with Crippen molar-refractivity contribution in [3.8, 4) is 0 Å². The van der Waals surface area contributed by atoms with Crippen molar-refractivity contribution in [1.82, 2.24) is 4.98 Å². The third-order valence-corrected chi connectivity index (χ3v) is 3.76. The Kier molecular flexibility index (Phi) is 4.43. The molecule has 0 fully saturated rings. The molecule has 0 spiro atoms. The number of nitro benzene ring substituents is 2. The summed E-state index contributed by atoms with van der Waals surface area (Å²) < 4.78 is 0. The van der Waals surface area contributed by atoms with Crippen LogP contribution in [0.25, 0.3) is 0 Å². The van der Waals surface area contributed by atoms with Crippen LogP contribution < -0.4 is 4.90 Å². The number of benzene rings is 1. The molecular weight excluding hydrogens is 296 g/mol. The third kappa shape index (κ3) is 3.51. The Morgan fingerprint density at radius 1 is 1.29 bits per heavy atom. The molecule has 0 saturated carbocycles. The summed E-state index contributed by atoms with van der Waals surface area (Å²) in [5.41, 5.74) is -0.216. The topological polar surface area (TPSA) is 102 Å². The number of hydrogen-bond acceptors (Lipinski definition) is 7. The summed E-state index contributed by atoms with van der Waals surface area (Å²) in [6.07, 6.45) is 2.36. The largest absolute Gasteiger partial charge is 0.369 e. The summed E-state index contributed by atoms with van der Waals surface area (Å²) in [6.45, 7) is 0.534. The first-order chi connectivity index (χ1) is 9.99. The molecule has 0 unspecified atom stereocenters. The van der Waals surface area contributed by atoms with Gasteiger partial charge in [-0.25, -0.2) is 4.98 Å². The lowest BCUT2D eigenvalue weighted by Crippen LogP contribution is -2.21. The molecular formula is C12H12N4O4S. The maximum absolute atomic E-state index is 11.1. The van der Waals surface area contributed by atoms with Gasteiger partial charge in [0.2, 0.25) is 0 Å². The zero-order valence-electron chi connectivity index (χ0n) is 11.1. The highest BCUT2D eigenvalue weighted by molar-refractivity contribution is 7.09. The molecule has 0 atom stereocenters. The van der Waals surface area contributed by atoms with E-state index < -0.39 is 9.85 Å². The molecule has 0 radical (unpaired) electrons. The summed E-state index contributed by atoms with van der Waals surface area (Å²) >= 11 is 1.52. The van der Waals surface area contributed by atoms with Gasteiger partial charge in [-0.3, -0.25) is 20.2 Å². The Balaban J connectivity index is 2.21. The number of likely N-dealkylation sites (N-methyl/N-ethyl adjacent to an activating group) is 1. The highest BCUT2D eigenvalue weighted by Gasteiger charge is 2.21. The van der Waals surface area contributed by atoms with E-state index in [1.54, 1.807) is 18.1 Å².